The molecule has 3 nitrogen and oxygen atoms in total. The molecule has 1 aromatic rings. The normalized spacial score (nSPS) is 29.7. The van der Waals surface area contributed by atoms with E-state index in [0.29, 0.717) is 11.8 Å². The van der Waals surface area contributed by atoms with Crippen molar-refractivity contribution in [1.29, 1.82) is 0 Å². The smallest absolute Gasteiger partial charge is 0.160 e. The summed E-state index contributed by atoms with van der Waals surface area (Å²) in [4.78, 5) is 0. The van der Waals surface area contributed by atoms with Gasteiger partial charge in [0.25, 0.3) is 0 Å². The third-order valence-corrected chi connectivity index (χ3v) is 5.84. The molecule has 0 spiro atoms. The highest BCUT2D eigenvalue weighted by Crippen LogP contribution is 2.39. The quantitative estimate of drug-likeness (QED) is 0.800. The molecule has 5 heteroatoms. The maximum atomic E-state index is 14.1. The minimum absolute atomic E-state index is 0.0140. The van der Waals surface area contributed by atoms with E-state index in [-0.39, 0.29) is 30.8 Å². The highest BCUT2D eigenvalue weighted by molar-refractivity contribution is 5.29. The fourth-order valence-corrected chi connectivity index (χ4v) is 4.34. The Kier molecular flexibility index (Phi) is 7.01. The highest BCUT2D eigenvalue weighted by Gasteiger charge is 2.33. The highest BCUT2D eigenvalue weighted by atomic mass is 19.1. The molecule has 0 aromatic heterocycles. The molecular weight excluding hydrogens is 338 g/mol. The van der Waals surface area contributed by atoms with Crippen molar-refractivity contribution in [2.75, 3.05) is 19.8 Å². The largest absolute Gasteiger partial charge is 0.396 e. The molecule has 1 N–H and O–H groups in total. The van der Waals surface area contributed by atoms with Crippen molar-refractivity contribution >= 4 is 0 Å². The van der Waals surface area contributed by atoms with Gasteiger partial charge in [-0.15, -0.1) is 0 Å². The van der Waals surface area contributed by atoms with Crippen LogP contribution < -0.4 is 0 Å². The summed E-state index contributed by atoms with van der Waals surface area (Å²) in [6.07, 6.45) is 5.88. The topological polar surface area (TPSA) is 38.7 Å². The molecule has 0 radical (unpaired) electrons. The van der Waals surface area contributed by atoms with E-state index in [1.165, 1.54) is 12.1 Å². The summed E-state index contributed by atoms with van der Waals surface area (Å²) < 4.78 is 40.1. The van der Waals surface area contributed by atoms with E-state index in [1.807, 2.05) is 0 Å². The van der Waals surface area contributed by atoms with Gasteiger partial charge in [-0.2, -0.15) is 0 Å². The summed E-state index contributed by atoms with van der Waals surface area (Å²) in [7, 11) is 0. The van der Waals surface area contributed by atoms with Crippen molar-refractivity contribution in [3.05, 3.63) is 34.9 Å². The Bertz CT molecular complexity index is 554. The van der Waals surface area contributed by atoms with Crippen molar-refractivity contribution in [2.45, 2.75) is 64.1 Å². The number of hydrogen-bond acceptors (Lipinski definition) is 3. The van der Waals surface area contributed by atoms with E-state index >= 15 is 0 Å². The van der Waals surface area contributed by atoms with Gasteiger partial charge in [0.1, 0.15) is 11.6 Å². The second kappa shape index (κ2) is 9.25. The minimum atomic E-state index is -0.544. The molecule has 0 bridgehead atoms. The van der Waals surface area contributed by atoms with Crippen LogP contribution in [0.25, 0.3) is 0 Å². The number of benzene rings is 1. The van der Waals surface area contributed by atoms with Crippen LogP contribution in [0.1, 0.15) is 62.5 Å². The summed E-state index contributed by atoms with van der Waals surface area (Å²) in [5.41, 5.74) is 0.712. The molecule has 26 heavy (non-hydrogen) atoms. The molecule has 1 saturated carbocycles. The van der Waals surface area contributed by atoms with Crippen LogP contribution in [0.4, 0.5) is 8.78 Å². The lowest BCUT2D eigenvalue weighted by Crippen LogP contribution is -2.38. The van der Waals surface area contributed by atoms with Gasteiger partial charge in [-0.1, -0.05) is 13.3 Å². The average Bonchev–Trinajstić information content (AvgIpc) is 2.66. The van der Waals surface area contributed by atoms with Crippen LogP contribution in [-0.2, 0) is 15.9 Å². The van der Waals surface area contributed by atoms with E-state index in [0.717, 1.165) is 57.3 Å². The number of hydrogen-bond donors (Lipinski definition) is 1. The van der Waals surface area contributed by atoms with Crippen LogP contribution in [0.2, 0.25) is 0 Å². The van der Waals surface area contributed by atoms with Gasteiger partial charge < -0.3 is 14.6 Å². The number of aliphatic hydroxyl groups excluding tert-OH is 1. The Morgan fingerprint density at radius 1 is 1.04 bits per heavy atom. The third kappa shape index (κ3) is 4.62. The molecule has 3 rings (SSSR count). The fourth-order valence-electron chi connectivity index (χ4n) is 4.34. The van der Waals surface area contributed by atoms with Crippen LogP contribution in [0.15, 0.2) is 12.1 Å². The average molecular weight is 368 g/mol. The first-order chi connectivity index (χ1) is 12.6. The Labute approximate surface area is 154 Å². The molecule has 1 aliphatic carbocycles. The first-order valence-corrected chi connectivity index (χ1v) is 9.94. The monoisotopic (exact) mass is 368 g/mol. The maximum absolute atomic E-state index is 14.1. The zero-order valence-corrected chi connectivity index (χ0v) is 15.6. The molecule has 1 heterocycles. The summed E-state index contributed by atoms with van der Waals surface area (Å²) in [6.45, 7) is 3.48. The van der Waals surface area contributed by atoms with Gasteiger partial charge in [0.2, 0.25) is 0 Å². The van der Waals surface area contributed by atoms with Gasteiger partial charge in [0.15, 0.2) is 6.29 Å². The van der Waals surface area contributed by atoms with E-state index in [4.69, 9.17) is 14.6 Å². The van der Waals surface area contributed by atoms with Crippen molar-refractivity contribution in [1.82, 2.24) is 0 Å². The molecule has 2 aliphatic rings. The van der Waals surface area contributed by atoms with Crippen molar-refractivity contribution in [3.8, 4) is 0 Å². The van der Waals surface area contributed by atoms with Gasteiger partial charge in [-0.3, -0.25) is 0 Å². The zero-order chi connectivity index (χ0) is 18.5. The van der Waals surface area contributed by atoms with Gasteiger partial charge >= 0.3 is 0 Å². The van der Waals surface area contributed by atoms with E-state index in [2.05, 4.69) is 6.92 Å². The second-order valence-electron chi connectivity index (χ2n) is 7.74. The molecule has 1 aromatic carbocycles. The van der Waals surface area contributed by atoms with Gasteiger partial charge in [0, 0.05) is 30.4 Å². The first kappa shape index (κ1) is 19.7. The van der Waals surface area contributed by atoms with Gasteiger partial charge in [-0.05, 0) is 55.7 Å². The van der Waals surface area contributed by atoms with Crippen molar-refractivity contribution < 1.29 is 23.4 Å². The molecule has 2 fully saturated rings. The van der Waals surface area contributed by atoms with Crippen LogP contribution >= 0.6 is 0 Å². The molecule has 0 amide bonds. The fraction of sp³-hybridized carbons (Fsp3) is 0.714. The Morgan fingerprint density at radius 2 is 1.65 bits per heavy atom. The lowest BCUT2D eigenvalue weighted by Gasteiger charge is -2.37. The number of rotatable bonds is 6. The lowest BCUT2D eigenvalue weighted by molar-refractivity contribution is -0.229. The maximum Gasteiger partial charge on any atom is 0.160 e. The third-order valence-electron chi connectivity index (χ3n) is 5.84. The lowest BCUT2D eigenvalue weighted by atomic mass is 9.78. The molecule has 0 unspecified atom stereocenters. The standard InChI is InChI=1S/C21H30F2O3/c1-2-3-14-12-25-21(26-13-14)16-6-4-15(5-7-16)17-10-19(22)18(8-9-24)20(23)11-17/h10-11,14-16,21,24H,2-9,12-13H2,1H3. The summed E-state index contributed by atoms with van der Waals surface area (Å²) in [5, 5.41) is 8.93. The van der Waals surface area contributed by atoms with Crippen molar-refractivity contribution in [2.24, 2.45) is 11.8 Å². The number of halogens is 2. The van der Waals surface area contributed by atoms with Gasteiger partial charge in [0.05, 0.1) is 13.2 Å². The Morgan fingerprint density at radius 3 is 2.19 bits per heavy atom. The molecular formula is C21H30F2O3. The van der Waals surface area contributed by atoms with E-state index in [1.54, 1.807) is 0 Å². The number of ether oxygens (including phenoxy) is 2. The minimum Gasteiger partial charge on any atom is -0.396 e. The van der Waals surface area contributed by atoms with E-state index in [9.17, 15) is 8.78 Å². The predicted molar refractivity (Wildman–Crippen MR) is 95.9 cm³/mol. The molecule has 0 atom stereocenters. The number of aliphatic hydroxyl groups is 1. The summed E-state index contributed by atoms with van der Waals surface area (Å²) in [5.74, 6) is -0.0304. The Balaban J connectivity index is 1.54. The van der Waals surface area contributed by atoms with E-state index < -0.39 is 11.6 Å². The van der Waals surface area contributed by atoms with Crippen molar-refractivity contribution in [3.63, 3.8) is 0 Å². The van der Waals surface area contributed by atoms with Gasteiger partial charge in [-0.25, -0.2) is 8.78 Å². The SMILES string of the molecule is CCCC1COC(C2CCC(c3cc(F)c(CCO)c(F)c3)CC2)OC1. The zero-order valence-electron chi connectivity index (χ0n) is 15.6. The molecule has 1 aliphatic heterocycles. The Hall–Kier alpha value is -1.04. The molecule has 1 saturated heterocycles. The molecule has 146 valence electrons. The second-order valence-corrected chi connectivity index (χ2v) is 7.74. The van der Waals surface area contributed by atoms with Crippen LogP contribution in [0, 0.1) is 23.5 Å². The van der Waals surface area contributed by atoms with Crippen LogP contribution in [-0.4, -0.2) is 31.2 Å². The summed E-state index contributed by atoms with van der Waals surface area (Å²) in [6, 6.07) is 2.89. The van der Waals surface area contributed by atoms with Crippen LogP contribution in [0.5, 0.6) is 0 Å². The summed E-state index contributed by atoms with van der Waals surface area (Å²) >= 11 is 0. The predicted octanol–water partition coefficient (Wildman–Crippen LogP) is 4.56. The first-order valence-electron chi connectivity index (χ1n) is 9.94. The van der Waals surface area contributed by atoms with Crippen LogP contribution in [0.3, 0.4) is 0 Å².